The first-order valence-corrected chi connectivity index (χ1v) is 14.0. The van der Waals surface area contributed by atoms with E-state index in [-0.39, 0.29) is 28.7 Å². The molecule has 2 heterocycles. The van der Waals surface area contributed by atoms with Crippen LogP contribution in [0.5, 0.6) is 0 Å². The first kappa shape index (κ1) is 22.4. The van der Waals surface area contributed by atoms with Gasteiger partial charge in [-0.2, -0.15) is 4.31 Å². The number of carbonyl (C=O) groups is 1. The Balaban J connectivity index is 1.31. The molecule has 1 aromatic heterocycles. The number of nitrogens with zero attached hydrogens (tertiary/aromatic N) is 2. The van der Waals surface area contributed by atoms with Gasteiger partial charge in [-0.05, 0) is 88.2 Å². The number of hydrogen-bond donors (Lipinski definition) is 2. The second-order valence-corrected chi connectivity index (χ2v) is 13.2. The normalized spacial score (nSPS) is 37.7. The number of aliphatic hydroxyl groups is 1. The highest BCUT2D eigenvalue weighted by atomic mass is 32.2. The van der Waals surface area contributed by atoms with Crippen molar-refractivity contribution >= 4 is 26.7 Å². The van der Waals surface area contributed by atoms with Gasteiger partial charge in [0.2, 0.25) is 15.9 Å². The van der Waals surface area contributed by atoms with Gasteiger partial charge in [0, 0.05) is 35.8 Å². The molecule has 34 heavy (non-hydrogen) atoms. The molecule has 3 atom stereocenters. The molecule has 0 radical (unpaired) electrons. The predicted molar refractivity (Wildman–Crippen MR) is 128 cm³/mol. The number of fused-ring (bicyclic) bond motifs is 1. The van der Waals surface area contributed by atoms with E-state index in [0.717, 1.165) is 50.3 Å². The van der Waals surface area contributed by atoms with Gasteiger partial charge in [-0.3, -0.25) is 9.78 Å². The van der Waals surface area contributed by atoms with Gasteiger partial charge in [-0.15, -0.1) is 0 Å². The topological polar surface area (TPSA) is 99.6 Å². The molecule has 5 aliphatic rings. The lowest BCUT2D eigenvalue weighted by molar-refractivity contribution is -0.151. The van der Waals surface area contributed by atoms with Crippen molar-refractivity contribution in [3.63, 3.8) is 0 Å². The molecule has 0 spiro atoms. The van der Waals surface area contributed by atoms with Crippen molar-refractivity contribution in [3.05, 3.63) is 36.7 Å². The highest BCUT2D eigenvalue weighted by Crippen LogP contribution is 2.55. The molecular formula is C26H33N3O4S. The van der Waals surface area contributed by atoms with Crippen LogP contribution in [-0.4, -0.2) is 52.4 Å². The number of nitrogens with one attached hydrogen (secondary N) is 1. The summed E-state index contributed by atoms with van der Waals surface area (Å²) in [5.74, 6) is 0.923. The Bertz CT molecular complexity index is 1230. The van der Waals surface area contributed by atoms with E-state index in [0.29, 0.717) is 24.3 Å². The smallest absolute Gasteiger partial charge is 0.244 e. The van der Waals surface area contributed by atoms with Gasteiger partial charge in [0.05, 0.1) is 10.5 Å². The maximum atomic E-state index is 14.0. The van der Waals surface area contributed by atoms with Gasteiger partial charge < -0.3 is 10.4 Å². The zero-order chi connectivity index (χ0) is 23.7. The van der Waals surface area contributed by atoms with Crippen molar-refractivity contribution in [2.45, 2.75) is 80.4 Å². The van der Waals surface area contributed by atoms with Crippen LogP contribution in [0.25, 0.3) is 10.8 Å². The summed E-state index contributed by atoms with van der Waals surface area (Å²) in [5.41, 5.74) is -1.71. The summed E-state index contributed by atoms with van der Waals surface area (Å²) in [4.78, 5) is 18.2. The van der Waals surface area contributed by atoms with Crippen LogP contribution in [0.2, 0.25) is 0 Å². The number of aromatic nitrogens is 1. The van der Waals surface area contributed by atoms with Crippen LogP contribution in [0, 0.1) is 17.8 Å². The number of hydrogen-bond acceptors (Lipinski definition) is 5. The van der Waals surface area contributed by atoms with Gasteiger partial charge in [0.25, 0.3) is 0 Å². The van der Waals surface area contributed by atoms with E-state index in [4.69, 9.17) is 0 Å². The van der Waals surface area contributed by atoms with Crippen LogP contribution in [-0.2, 0) is 14.8 Å². The minimum Gasteiger partial charge on any atom is -0.390 e. The van der Waals surface area contributed by atoms with Crippen LogP contribution >= 0.6 is 0 Å². The Hall–Kier alpha value is -2.03. The second-order valence-electron chi connectivity index (χ2n) is 11.4. The van der Waals surface area contributed by atoms with Crippen molar-refractivity contribution < 1.29 is 18.3 Å². The molecule has 1 aliphatic heterocycles. The van der Waals surface area contributed by atoms with Crippen molar-refractivity contribution in [3.8, 4) is 0 Å². The summed E-state index contributed by atoms with van der Waals surface area (Å²) < 4.78 is 29.4. The molecule has 5 fully saturated rings. The maximum Gasteiger partial charge on any atom is 0.244 e. The molecule has 1 saturated heterocycles. The molecule has 1 aromatic carbocycles. The van der Waals surface area contributed by atoms with E-state index < -0.39 is 21.2 Å². The lowest BCUT2D eigenvalue weighted by Gasteiger charge is -2.58. The van der Waals surface area contributed by atoms with Crippen LogP contribution < -0.4 is 5.32 Å². The van der Waals surface area contributed by atoms with E-state index in [1.165, 1.54) is 4.31 Å². The fourth-order valence-corrected chi connectivity index (χ4v) is 9.69. The molecule has 1 amide bonds. The molecule has 3 unspecified atom stereocenters. The van der Waals surface area contributed by atoms with Gasteiger partial charge in [-0.25, -0.2) is 8.42 Å². The molecule has 4 saturated carbocycles. The number of pyridine rings is 1. The van der Waals surface area contributed by atoms with E-state index in [9.17, 15) is 18.3 Å². The van der Waals surface area contributed by atoms with Crippen molar-refractivity contribution in [1.82, 2.24) is 14.6 Å². The third-order valence-corrected chi connectivity index (χ3v) is 11.1. The van der Waals surface area contributed by atoms with Gasteiger partial charge in [0.1, 0.15) is 5.54 Å². The number of sulfonamides is 1. The highest BCUT2D eigenvalue weighted by molar-refractivity contribution is 7.89. The minimum atomic E-state index is -3.91. The largest absolute Gasteiger partial charge is 0.390 e. The average molecular weight is 484 g/mol. The lowest BCUT2D eigenvalue weighted by Crippen LogP contribution is -2.66. The number of rotatable bonds is 4. The molecule has 8 heteroatoms. The Morgan fingerprint density at radius 1 is 1.15 bits per heavy atom. The zero-order valence-corrected chi connectivity index (χ0v) is 20.4. The molecule has 2 aromatic rings. The number of piperidine rings is 1. The quantitative estimate of drug-likeness (QED) is 0.696. The molecule has 4 aliphatic carbocycles. The Morgan fingerprint density at radius 3 is 2.65 bits per heavy atom. The van der Waals surface area contributed by atoms with E-state index in [1.807, 2.05) is 6.07 Å². The van der Waals surface area contributed by atoms with E-state index in [1.54, 1.807) is 37.5 Å². The average Bonchev–Trinajstić information content (AvgIpc) is 2.80. The van der Waals surface area contributed by atoms with Crippen molar-refractivity contribution in [1.29, 1.82) is 0 Å². The molecule has 7 rings (SSSR count). The van der Waals surface area contributed by atoms with Crippen molar-refractivity contribution in [2.24, 2.45) is 17.8 Å². The van der Waals surface area contributed by atoms with Gasteiger partial charge in [0.15, 0.2) is 0 Å². The van der Waals surface area contributed by atoms with Gasteiger partial charge >= 0.3 is 0 Å². The first-order chi connectivity index (χ1) is 16.2. The molecule has 4 bridgehead atoms. The van der Waals surface area contributed by atoms with Crippen LogP contribution in [0.15, 0.2) is 41.6 Å². The Morgan fingerprint density at radius 2 is 1.91 bits per heavy atom. The van der Waals surface area contributed by atoms with Crippen molar-refractivity contribution in [2.75, 3.05) is 6.54 Å². The number of benzene rings is 1. The summed E-state index contributed by atoms with van der Waals surface area (Å²) in [5, 5.41) is 15.6. The zero-order valence-electron chi connectivity index (χ0n) is 19.6. The molecule has 182 valence electrons. The molecule has 2 N–H and O–H groups in total. The fourth-order valence-electron chi connectivity index (χ4n) is 7.67. The summed E-state index contributed by atoms with van der Waals surface area (Å²) in [7, 11) is -3.91. The minimum absolute atomic E-state index is 0.0243. The summed E-state index contributed by atoms with van der Waals surface area (Å²) in [6.45, 7) is 2.11. The summed E-state index contributed by atoms with van der Waals surface area (Å²) >= 11 is 0. The third-order valence-electron chi connectivity index (χ3n) is 9.06. The second kappa shape index (κ2) is 7.73. The fraction of sp³-hybridized carbons (Fsp3) is 0.615. The van der Waals surface area contributed by atoms with Crippen LogP contribution in [0.3, 0.4) is 0 Å². The SMILES string of the molecule is CC1(C(=O)NC2C3CC4CC2CC(O)(C4)C3)CCCCN1S(=O)(=O)c1cccc2cnccc12. The monoisotopic (exact) mass is 483 g/mol. The molecule has 7 nitrogen and oxygen atoms in total. The Labute approximate surface area is 201 Å². The van der Waals surface area contributed by atoms with Crippen LogP contribution in [0.4, 0.5) is 0 Å². The third kappa shape index (κ3) is 3.40. The van der Waals surface area contributed by atoms with Crippen LogP contribution in [0.1, 0.15) is 58.3 Å². The lowest BCUT2D eigenvalue weighted by atomic mass is 9.52. The maximum absolute atomic E-state index is 14.0. The first-order valence-electron chi connectivity index (χ1n) is 12.6. The highest BCUT2D eigenvalue weighted by Gasteiger charge is 2.56. The predicted octanol–water partition coefficient (Wildman–Crippen LogP) is 3.22. The molecular weight excluding hydrogens is 450 g/mol. The number of carbonyl (C=O) groups excluding carboxylic acids is 1. The van der Waals surface area contributed by atoms with E-state index in [2.05, 4.69) is 10.3 Å². The summed E-state index contributed by atoms with van der Waals surface area (Å²) in [6, 6.07) is 6.96. The summed E-state index contributed by atoms with van der Waals surface area (Å²) in [6.07, 6.45) is 9.79. The Kier molecular flexibility index (Phi) is 5.10. The number of amides is 1. The standard InChI is InChI=1S/C26H33N3O4S/c1-25(24(30)28-23-19-11-17-12-20(23)15-26(31,13-17)14-19)8-2-3-10-29(25)34(32,33)22-6-4-5-18-16-27-9-7-21(18)22/h4-7,9,16-17,19-20,23,31H,2-3,8,10-15H2,1H3,(H,28,30). The van der Waals surface area contributed by atoms with E-state index >= 15 is 0 Å². The van der Waals surface area contributed by atoms with Gasteiger partial charge in [-0.1, -0.05) is 12.1 Å².